The minimum Gasteiger partial charge on any atom is -0.320 e. The predicted molar refractivity (Wildman–Crippen MR) is 70.0 cm³/mol. The number of benzene rings is 1. The molecule has 0 radical (unpaired) electrons. The van der Waals surface area contributed by atoms with Crippen LogP contribution >= 0.6 is 0 Å². The molecule has 7 heteroatoms. The lowest BCUT2D eigenvalue weighted by Crippen LogP contribution is -2.15. The van der Waals surface area contributed by atoms with Crippen LogP contribution in [-0.4, -0.2) is 15.8 Å². The van der Waals surface area contributed by atoms with E-state index in [1.807, 2.05) is 0 Å². The van der Waals surface area contributed by atoms with Gasteiger partial charge in [-0.1, -0.05) is 0 Å². The Morgan fingerprint density at radius 3 is 2.80 bits per heavy atom. The number of hydrogen-bond acceptors (Lipinski definition) is 4. The lowest BCUT2D eigenvalue weighted by atomic mass is 10.1. The van der Waals surface area contributed by atoms with Gasteiger partial charge in [0.25, 0.3) is 11.6 Å². The molecule has 0 atom stereocenters. The molecule has 6 nitrogen and oxygen atoms in total. The number of nitrogens with one attached hydrogen (secondary N) is 1. The molecule has 1 N–H and O–H groups in total. The van der Waals surface area contributed by atoms with Crippen LogP contribution in [0.25, 0.3) is 0 Å². The molecule has 0 saturated heterocycles. The summed E-state index contributed by atoms with van der Waals surface area (Å²) in [5, 5.41) is 13.2. The zero-order valence-electron chi connectivity index (χ0n) is 10.5. The highest BCUT2D eigenvalue weighted by molar-refractivity contribution is 6.04. The maximum atomic E-state index is 13.9. The summed E-state index contributed by atoms with van der Waals surface area (Å²) < 4.78 is 13.9. The summed E-state index contributed by atoms with van der Waals surface area (Å²) in [6.45, 7) is 1.36. The van der Waals surface area contributed by atoms with Crippen molar-refractivity contribution >= 4 is 17.3 Å². The molecule has 1 aromatic carbocycles. The number of non-ortho nitro benzene ring substituents is 1. The highest BCUT2D eigenvalue weighted by Gasteiger charge is 2.19. The number of halogens is 1. The summed E-state index contributed by atoms with van der Waals surface area (Å²) in [7, 11) is 0. The molecule has 0 aliphatic heterocycles. The first-order chi connectivity index (χ1) is 9.49. The monoisotopic (exact) mass is 275 g/mol. The Morgan fingerprint density at radius 1 is 1.45 bits per heavy atom. The zero-order valence-corrected chi connectivity index (χ0v) is 10.5. The number of amides is 1. The number of anilines is 1. The van der Waals surface area contributed by atoms with Crippen molar-refractivity contribution in [3.05, 3.63) is 63.7 Å². The second kappa shape index (κ2) is 5.43. The van der Waals surface area contributed by atoms with Crippen molar-refractivity contribution in [3.8, 4) is 0 Å². The van der Waals surface area contributed by atoms with E-state index in [0.717, 1.165) is 12.1 Å². The summed E-state index contributed by atoms with van der Waals surface area (Å²) in [6.07, 6.45) is 2.91. The Kier molecular flexibility index (Phi) is 3.69. The second-order valence-electron chi connectivity index (χ2n) is 4.08. The fourth-order valence-corrected chi connectivity index (χ4v) is 1.66. The highest BCUT2D eigenvalue weighted by Crippen LogP contribution is 2.21. The molecular formula is C13H10FN3O3. The summed E-state index contributed by atoms with van der Waals surface area (Å²) in [5.74, 6) is -1.54. The van der Waals surface area contributed by atoms with Gasteiger partial charge in [-0.15, -0.1) is 0 Å². The predicted octanol–water partition coefficient (Wildman–Crippen LogP) is 2.69. The molecule has 1 aromatic heterocycles. The first kappa shape index (κ1) is 13.6. The highest BCUT2D eigenvalue weighted by atomic mass is 19.1. The van der Waals surface area contributed by atoms with Crippen LogP contribution in [-0.2, 0) is 0 Å². The standard InChI is InChI=1S/C13H10FN3O3/c1-8-5-10(17(19)20)6-11(12(8)14)13(18)16-9-3-2-4-15-7-9/h2-7H,1H3,(H,16,18). The van der Waals surface area contributed by atoms with Gasteiger partial charge >= 0.3 is 0 Å². The van der Waals surface area contributed by atoms with Crippen molar-refractivity contribution in [3.63, 3.8) is 0 Å². The number of pyridine rings is 1. The van der Waals surface area contributed by atoms with Crippen LogP contribution in [0.5, 0.6) is 0 Å². The van der Waals surface area contributed by atoms with Crippen molar-refractivity contribution in [1.82, 2.24) is 4.98 Å². The average molecular weight is 275 g/mol. The molecule has 0 aliphatic rings. The quantitative estimate of drug-likeness (QED) is 0.689. The maximum Gasteiger partial charge on any atom is 0.270 e. The number of carbonyl (C=O) groups excluding carboxylic acids is 1. The number of nitro benzene ring substituents is 1. The van der Waals surface area contributed by atoms with Gasteiger partial charge in [-0.3, -0.25) is 19.9 Å². The van der Waals surface area contributed by atoms with E-state index in [1.54, 1.807) is 12.1 Å². The van der Waals surface area contributed by atoms with E-state index in [2.05, 4.69) is 10.3 Å². The van der Waals surface area contributed by atoms with Crippen LogP contribution in [0.15, 0.2) is 36.7 Å². The summed E-state index contributed by atoms with van der Waals surface area (Å²) in [6, 6.07) is 5.17. The Morgan fingerprint density at radius 2 is 2.20 bits per heavy atom. The van der Waals surface area contributed by atoms with Gasteiger partial charge in [0.1, 0.15) is 5.82 Å². The van der Waals surface area contributed by atoms with Gasteiger partial charge < -0.3 is 5.32 Å². The molecule has 1 heterocycles. The van der Waals surface area contributed by atoms with E-state index < -0.39 is 16.6 Å². The molecule has 0 bridgehead atoms. The minimum absolute atomic E-state index is 0.0375. The van der Waals surface area contributed by atoms with E-state index in [1.165, 1.54) is 19.3 Å². The first-order valence-corrected chi connectivity index (χ1v) is 5.65. The Balaban J connectivity index is 2.36. The number of hydrogen-bond donors (Lipinski definition) is 1. The smallest absolute Gasteiger partial charge is 0.270 e. The average Bonchev–Trinajstić information content (AvgIpc) is 2.42. The van der Waals surface area contributed by atoms with Crippen molar-refractivity contribution in [2.24, 2.45) is 0 Å². The normalized spacial score (nSPS) is 10.1. The fraction of sp³-hybridized carbons (Fsp3) is 0.0769. The van der Waals surface area contributed by atoms with Gasteiger partial charge in [0.15, 0.2) is 0 Å². The van der Waals surface area contributed by atoms with E-state index in [9.17, 15) is 19.3 Å². The molecule has 2 rings (SSSR count). The summed E-state index contributed by atoms with van der Waals surface area (Å²) >= 11 is 0. The van der Waals surface area contributed by atoms with Crippen molar-refractivity contribution in [2.75, 3.05) is 5.32 Å². The third kappa shape index (κ3) is 2.77. The van der Waals surface area contributed by atoms with E-state index in [-0.39, 0.29) is 16.8 Å². The Labute approximate surface area is 113 Å². The Bertz CT molecular complexity index is 674. The third-order valence-corrected chi connectivity index (χ3v) is 2.61. The van der Waals surface area contributed by atoms with Crippen LogP contribution < -0.4 is 5.32 Å². The van der Waals surface area contributed by atoms with Crippen molar-refractivity contribution < 1.29 is 14.1 Å². The third-order valence-electron chi connectivity index (χ3n) is 2.61. The topological polar surface area (TPSA) is 85.1 Å². The van der Waals surface area contributed by atoms with Gasteiger partial charge in [0.2, 0.25) is 0 Å². The molecule has 0 aliphatic carbocycles. The number of aromatic nitrogens is 1. The van der Waals surface area contributed by atoms with Crippen molar-refractivity contribution in [1.29, 1.82) is 0 Å². The number of nitro groups is 1. The molecule has 2 aromatic rings. The number of aryl methyl sites for hydroxylation is 1. The molecule has 0 fully saturated rings. The summed E-state index contributed by atoms with van der Waals surface area (Å²) in [5.41, 5.74) is -0.294. The fourth-order valence-electron chi connectivity index (χ4n) is 1.66. The lowest BCUT2D eigenvalue weighted by Gasteiger charge is -2.07. The number of nitrogens with zero attached hydrogens (tertiary/aromatic N) is 2. The van der Waals surface area contributed by atoms with Gasteiger partial charge in [0.05, 0.1) is 22.4 Å². The SMILES string of the molecule is Cc1cc([N+](=O)[O-])cc(C(=O)Nc2cccnc2)c1F. The van der Waals surface area contributed by atoms with Crippen LogP contribution in [0.1, 0.15) is 15.9 Å². The molecule has 0 saturated carbocycles. The number of carbonyl (C=O) groups is 1. The van der Waals surface area contributed by atoms with Crippen LogP contribution in [0.3, 0.4) is 0 Å². The molecule has 1 amide bonds. The van der Waals surface area contributed by atoms with Gasteiger partial charge in [0, 0.05) is 18.3 Å². The molecule has 102 valence electrons. The largest absolute Gasteiger partial charge is 0.320 e. The maximum absolute atomic E-state index is 13.9. The van der Waals surface area contributed by atoms with E-state index >= 15 is 0 Å². The van der Waals surface area contributed by atoms with E-state index in [0.29, 0.717) is 5.69 Å². The van der Waals surface area contributed by atoms with Gasteiger partial charge in [-0.25, -0.2) is 4.39 Å². The van der Waals surface area contributed by atoms with Gasteiger partial charge in [-0.2, -0.15) is 0 Å². The zero-order chi connectivity index (χ0) is 14.7. The van der Waals surface area contributed by atoms with Crippen LogP contribution in [0.4, 0.5) is 15.8 Å². The minimum atomic E-state index is -0.781. The van der Waals surface area contributed by atoms with Crippen LogP contribution in [0, 0.1) is 22.9 Å². The molecular weight excluding hydrogens is 265 g/mol. The second-order valence-corrected chi connectivity index (χ2v) is 4.08. The van der Waals surface area contributed by atoms with Crippen molar-refractivity contribution in [2.45, 2.75) is 6.92 Å². The molecule has 20 heavy (non-hydrogen) atoms. The van der Waals surface area contributed by atoms with Gasteiger partial charge in [-0.05, 0) is 24.6 Å². The molecule has 0 spiro atoms. The Hall–Kier alpha value is -2.83. The molecule has 0 unspecified atom stereocenters. The van der Waals surface area contributed by atoms with E-state index in [4.69, 9.17) is 0 Å². The number of rotatable bonds is 3. The summed E-state index contributed by atoms with van der Waals surface area (Å²) in [4.78, 5) is 25.8. The van der Waals surface area contributed by atoms with Crippen LogP contribution in [0.2, 0.25) is 0 Å². The first-order valence-electron chi connectivity index (χ1n) is 5.65. The lowest BCUT2D eigenvalue weighted by molar-refractivity contribution is -0.385.